The smallest absolute Gasteiger partial charge is 0.164 e. The molecule has 2 rings (SSSR count). The Kier molecular flexibility index (Phi) is 1.83. The molecule has 2 fully saturated rings. The minimum Gasteiger partial charge on any atom is -0.388 e. The zero-order chi connectivity index (χ0) is 10.5. The minimum absolute atomic E-state index is 0.215. The van der Waals surface area contributed by atoms with Crippen molar-refractivity contribution in [2.24, 2.45) is 0 Å². The van der Waals surface area contributed by atoms with Gasteiger partial charge in [0.25, 0.3) is 0 Å². The molecule has 2 heterocycles. The number of ether oxygens (including phenoxy) is 3. The monoisotopic (exact) mass is 189 g/mol. The van der Waals surface area contributed by atoms with E-state index in [1.54, 1.807) is 13.8 Å². The van der Waals surface area contributed by atoms with Crippen molar-refractivity contribution in [2.45, 2.75) is 51.0 Å². The van der Waals surface area contributed by atoms with Gasteiger partial charge in [-0.05, 0) is 20.8 Å². The van der Waals surface area contributed by atoms with Gasteiger partial charge in [0.2, 0.25) is 0 Å². The van der Waals surface area contributed by atoms with Crippen LogP contribution in [0.25, 0.3) is 0 Å². The summed E-state index contributed by atoms with van der Waals surface area (Å²) in [5.41, 5.74) is 0. The van der Waals surface area contributed by atoms with Gasteiger partial charge in [-0.1, -0.05) is 0 Å². The topological polar surface area (TPSA) is 47.9 Å². The van der Waals surface area contributed by atoms with Gasteiger partial charge in [-0.25, -0.2) is 0 Å². The molecule has 2 aliphatic rings. The summed E-state index contributed by atoms with van der Waals surface area (Å²) in [7, 11) is 0. The van der Waals surface area contributed by atoms with Gasteiger partial charge in [0, 0.05) is 0 Å². The lowest BCUT2D eigenvalue weighted by Crippen LogP contribution is -2.50. The second kappa shape index (κ2) is 2.92. The molecule has 0 saturated carbocycles. The Morgan fingerprint density at radius 3 is 2.69 bits per heavy atom. The third-order valence-electron chi connectivity index (χ3n) is 2.40. The van der Waals surface area contributed by atoms with E-state index in [0.29, 0.717) is 0 Å². The molecule has 0 aromatic rings. The molecule has 0 spiro atoms. The maximum Gasteiger partial charge on any atom is 0.164 e. The molecule has 0 aromatic heterocycles. The Bertz CT molecular complexity index is 233. The van der Waals surface area contributed by atoms with Crippen LogP contribution in [0.15, 0.2) is 0 Å². The summed E-state index contributed by atoms with van der Waals surface area (Å²) in [5, 5.41) is 9.68. The van der Waals surface area contributed by atoms with Crippen LogP contribution in [-0.2, 0) is 14.2 Å². The number of hydrogen-bond donors (Lipinski definition) is 1. The van der Waals surface area contributed by atoms with Gasteiger partial charge in [-0.3, -0.25) is 0 Å². The van der Waals surface area contributed by atoms with Crippen molar-refractivity contribution in [3.05, 3.63) is 0 Å². The summed E-state index contributed by atoms with van der Waals surface area (Å²) in [6.07, 6.45) is -1.87. The number of hydrogen-bond acceptors (Lipinski definition) is 4. The van der Waals surface area contributed by atoms with Gasteiger partial charge in [0.05, 0.1) is 14.1 Å². The van der Waals surface area contributed by atoms with Crippen LogP contribution >= 0.6 is 0 Å². The molecule has 2 saturated heterocycles. The average molecular weight is 189 g/mol. The first-order valence-electron chi connectivity index (χ1n) is 5.10. The molecule has 0 amide bonds. The van der Waals surface area contributed by atoms with E-state index in [1.807, 2.05) is 6.92 Å². The summed E-state index contributed by atoms with van der Waals surface area (Å²) in [4.78, 5) is 0. The molecular weight excluding hydrogens is 172 g/mol. The van der Waals surface area contributed by atoms with Crippen LogP contribution in [0.4, 0.5) is 0 Å². The molecule has 0 aromatic carbocycles. The second-order valence-corrected chi connectivity index (χ2v) is 4.03. The van der Waals surface area contributed by atoms with Crippen molar-refractivity contribution in [1.29, 1.82) is 0 Å². The van der Waals surface area contributed by atoms with Crippen LogP contribution in [0.3, 0.4) is 0 Å². The second-order valence-electron chi connectivity index (χ2n) is 4.03. The highest BCUT2D eigenvalue weighted by Crippen LogP contribution is 2.34. The van der Waals surface area contributed by atoms with Crippen LogP contribution in [0.2, 0.25) is 0 Å². The fourth-order valence-corrected chi connectivity index (χ4v) is 1.80. The van der Waals surface area contributed by atoms with E-state index in [2.05, 4.69) is 0 Å². The quantitative estimate of drug-likeness (QED) is 0.595. The molecule has 76 valence electrons. The molecule has 4 nitrogen and oxygen atoms in total. The molecular formula is C9H16O4. The van der Waals surface area contributed by atoms with Crippen LogP contribution in [-0.4, -0.2) is 41.9 Å². The fourth-order valence-electron chi connectivity index (χ4n) is 1.80. The highest BCUT2D eigenvalue weighted by molar-refractivity contribution is 4.93. The molecule has 2 aliphatic heterocycles. The summed E-state index contributed by atoms with van der Waals surface area (Å²) < 4.78 is 23.8. The van der Waals surface area contributed by atoms with Crippen molar-refractivity contribution >= 4 is 0 Å². The van der Waals surface area contributed by atoms with Gasteiger partial charge < -0.3 is 19.3 Å². The fraction of sp³-hybridized carbons (Fsp3) is 1.00. The Morgan fingerprint density at radius 1 is 1.38 bits per heavy atom. The molecule has 0 aliphatic carbocycles. The first-order chi connectivity index (χ1) is 6.41. The van der Waals surface area contributed by atoms with Crippen LogP contribution in [0.1, 0.15) is 22.1 Å². The minimum atomic E-state index is -0.941. The number of fused-ring (bicyclic) bond motifs is 1. The van der Waals surface area contributed by atoms with Crippen LogP contribution in [0, 0.1) is 0 Å². The normalized spacial score (nSPS) is 55.7. The van der Waals surface area contributed by atoms with Crippen molar-refractivity contribution in [3.8, 4) is 0 Å². The first kappa shape index (κ1) is 8.17. The maximum absolute atomic E-state index is 9.68. The molecule has 1 N–H and O–H groups in total. The van der Waals surface area contributed by atoms with Crippen molar-refractivity contribution in [3.63, 3.8) is 0 Å². The number of aliphatic hydroxyl groups is 1. The van der Waals surface area contributed by atoms with E-state index in [4.69, 9.17) is 15.6 Å². The summed E-state index contributed by atoms with van der Waals surface area (Å²) in [6.45, 7) is 4.48. The van der Waals surface area contributed by atoms with Gasteiger partial charge in [0.15, 0.2) is 5.79 Å². The van der Waals surface area contributed by atoms with E-state index in [0.717, 1.165) is 0 Å². The lowest BCUT2D eigenvalue weighted by atomic mass is 10.0. The average Bonchev–Trinajstić information content (AvgIpc) is 2.38. The van der Waals surface area contributed by atoms with Gasteiger partial charge in [-0.15, -0.1) is 0 Å². The SMILES string of the molecule is [2H][C@@H]1O[C@@H](C)[C@H]2OC(C)(C)O[C@H]2[C@@H]1O. The molecule has 0 radical (unpaired) electrons. The van der Waals surface area contributed by atoms with E-state index >= 15 is 0 Å². The lowest BCUT2D eigenvalue weighted by Gasteiger charge is -2.32. The van der Waals surface area contributed by atoms with E-state index in [-0.39, 0.29) is 12.2 Å². The maximum atomic E-state index is 9.68. The summed E-state index contributed by atoms with van der Waals surface area (Å²) in [6, 6.07) is 0. The Labute approximate surface area is 79.2 Å². The van der Waals surface area contributed by atoms with Crippen molar-refractivity contribution in [2.75, 3.05) is 6.58 Å². The van der Waals surface area contributed by atoms with Gasteiger partial charge in [-0.2, -0.15) is 0 Å². The largest absolute Gasteiger partial charge is 0.388 e. The van der Waals surface area contributed by atoms with Gasteiger partial charge >= 0.3 is 0 Å². The van der Waals surface area contributed by atoms with E-state index in [1.165, 1.54) is 0 Å². The van der Waals surface area contributed by atoms with Gasteiger partial charge in [0.1, 0.15) is 18.3 Å². The Balaban J connectivity index is 2.18. The van der Waals surface area contributed by atoms with E-state index < -0.39 is 24.6 Å². The predicted octanol–water partition coefficient (Wildman–Crippen LogP) is 0.286. The highest BCUT2D eigenvalue weighted by atomic mass is 16.8. The number of rotatable bonds is 0. The lowest BCUT2D eigenvalue weighted by molar-refractivity contribution is -0.153. The summed E-state index contributed by atoms with van der Waals surface area (Å²) in [5.74, 6) is -0.696. The highest BCUT2D eigenvalue weighted by Gasteiger charge is 2.50. The third-order valence-corrected chi connectivity index (χ3v) is 2.40. The Morgan fingerprint density at radius 2 is 2.00 bits per heavy atom. The molecule has 0 bridgehead atoms. The van der Waals surface area contributed by atoms with E-state index in [9.17, 15) is 5.11 Å². The molecule has 4 heteroatoms. The van der Waals surface area contributed by atoms with Crippen LogP contribution in [0.5, 0.6) is 0 Å². The van der Waals surface area contributed by atoms with Crippen molar-refractivity contribution < 1.29 is 20.7 Å². The third kappa shape index (κ3) is 1.59. The zero-order valence-corrected chi connectivity index (χ0v) is 8.06. The molecule has 13 heavy (non-hydrogen) atoms. The molecule has 5 atom stereocenters. The molecule has 0 unspecified atom stereocenters. The number of aliphatic hydroxyl groups excluding tert-OH is 1. The van der Waals surface area contributed by atoms with Crippen LogP contribution < -0.4 is 0 Å². The first-order valence-corrected chi connectivity index (χ1v) is 4.52. The predicted molar refractivity (Wildman–Crippen MR) is 45.2 cm³/mol. The van der Waals surface area contributed by atoms with Crippen molar-refractivity contribution in [1.82, 2.24) is 0 Å². The summed E-state index contributed by atoms with van der Waals surface area (Å²) >= 11 is 0. The Hall–Kier alpha value is -0.160. The zero-order valence-electron chi connectivity index (χ0n) is 9.06. The standard InChI is InChI=1S/C9H16O4/c1-5-7-8(6(10)4-11-5)13-9(2,3)12-7/h5-8,10H,4H2,1-3H3/t5-,6+,7+,8-/m0/s1/i4D/t4-,5-,6+,7+,8-.